The fourth-order valence-electron chi connectivity index (χ4n) is 4.67. The average Bonchev–Trinajstić information content (AvgIpc) is 2.76. The van der Waals surface area contributed by atoms with Gasteiger partial charge < -0.3 is 19.7 Å². The number of rotatable bonds is 2. The van der Waals surface area contributed by atoms with Crippen molar-refractivity contribution in [2.45, 2.75) is 63.9 Å². The zero-order valence-electron chi connectivity index (χ0n) is 19.3. The number of fused-ring (bicyclic) bond motifs is 2. The molecule has 2 aromatic rings. The third-order valence-corrected chi connectivity index (χ3v) is 6.16. The summed E-state index contributed by atoms with van der Waals surface area (Å²) in [6, 6.07) is 9.35. The molecule has 0 spiro atoms. The van der Waals surface area contributed by atoms with Crippen LogP contribution < -0.4 is 5.32 Å². The van der Waals surface area contributed by atoms with E-state index in [9.17, 15) is 19.8 Å². The average molecular weight is 455 g/mol. The number of methoxy groups -OCH3 is 1. The molecule has 2 aliphatic heterocycles. The van der Waals surface area contributed by atoms with Crippen LogP contribution in [0.4, 0.5) is 4.79 Å². The Kier molecular flexibility index (Phi) is 5.97. The molecule has 3 atom stereocenters. The van der Waals surface area contributed by atoms with E-state index >= 15 is 0 Å². The lowest BCUT2D eigenvalue weighted by molar-refractivity contribution is -0.143. The second kappa shape index (κ2) is 8.59. The molecular formula is C25H30N2O6. The van der Waals surface area contributed by atoms with Crippen molar-refractivity contribution in [3.63, 3.8) is 0 Å². The van der Waals surface area contributed by atoms with E-state index in [0.717, 1.165) is 16.7 Å². The maximum atomic E-state index is 13.3. The highest BCUT2D eigenvalue weighted by molar-refractivity contribution is 5.77. The van der Waals surface area contributed by atoms with Gasteiger partial charge in [-0.15, -0.1) is 0 Å². The molecule has 1 amide bonds. The third-order valence-electron chi connectivity index (χ3n) is 6.16. The first kappa shape index (κ1) is 22.9. The fourth-order valence-corrected chi connectivity index (χ4v) is 4.67. The molecule has 33 heavy (non-hydrogen) atoms. The Hall–Kier alpha value is -3.26. The predicted molar refractivity (Wildman–Crippen MR) is 121 cm³/mol. The SMILES string of the molecule is COC(=O)[C@@H]1Cc2cc(O)c(O)cc2[C@H]([C@@H]2Cc3ccccc3CN2C(=O)OC(C)(C)C)N1. The summed E-state index contributed by atoms with van der Waals surface area (Å²) >= 11 is 0. The van der Waals surface area contributed by atoms with Crippen LogP contribution in [0.25, 0.3) is 0 Å². The standard InChI is InChI=1S/C25H30N2O6/c1-25(2,3)33-24(31)27-13-15-8-6-5-7-14(15)10-19(27)22-17-12-21(29)20(28)11-16(17)9-18(26-22)23(30)32-4/h5-8,11-12,18-19,22,26,28-29H,9-10,13H2,1-4H3/t18-,19-,22+/m0/s1. The molecule has 2 heterocycles. The van der Waals surface area contributed by atoms with Gasteiger partial charge in [-0.2, -0.15) is 0 Å². The van der Waals surface area contributed by atoms with Gasteiger partial charge in [0.15, 0.2) is 11.5 Å². The lowest BCUT2D eigenvalue weighted by Crippen LogP contribution is -2.56. The second-order valence-corrected chi connectivity index (χ2v) is 9.61. The molecule has 0 aliphatic carbocycles. The predicted octanol–water partition coefficient (Wildman–Crippen LogP) is 3.19. The van der Waals surface area contributed by atoms with Crippen LogP contribution in [0.5, 0.6) is 11.5 Å². The molecule has 8 nitrogen and oxygen atoms in total. The van der Waals surface area contributed by atoms with E-state index in [1.807, 2.05) is 45.0 Å². The molecular weight excluding hydrogens is 424 g/mol. The van der Waals surface area contributed by atoms with Gasteiger partial charge in [-0.1, -0.05) is 24.3 Å². The molecule has 0 fully saturated rings. The first-order valence-corrected chi connectivity index (χ1v) is 11.0. The second-order valence-electron chi connectivity index (χ2n) is 9.61. The molecule has 8 heteroatoms. The number of ether oxygens (including phenoxy) is 2. The minimum Gasteiger partial charge on any atom is -0.504 e. The van der Waals surface area contributed by atoms with E-state index < -0.39 is 35.8 Å². The van der Waals surface area contributed by atoms with Crippen LogP contribution in [0.2, 0.25) is 0 Å². The number of esters is 1. The van der Waals surface area contributed by atoms with Gasteiger partial charge in [-0.3, -0.25) is 15.0 Å². The monoisotopic (exact) mass is 454 g/mol. The minimum atomic E-state index is -0.672. The molecule has 0 bridgehead atoms. The molecule has 0 aromatic heterocycles. The van der Waals surface area contributed by atoms with E-state index in [2.05, 4.69) is 5.32 Å². The number of carbonyl (C=O) groups excluding carboxylic acids is 2. The van der Waals surface area contributed by atoms with E-state index in [0.29, 0.717) is 24.9 Å². The van der Waals surface area contributed by atoms with Gasteiger partial charge in [0, 0.05) is 6.54 Å². The van der Waals surface area contributed by atoms with E-state index in [-0.39, 0.29) is 11.5 Å². The highest BCUT2D eigenvalue weighted by Gasteiger charge is 2.42. The smallest absolute Gasteiger partial charge is 0.410 e. The zero-order chi connectivity index (χ0) is 23.9. The number of aromatic hydroxyl groups is 2. The van der Waals surface area contributed by atoms with Crippen LogP contribution in [0, 0.1) is 0 Å². The maximum absolute atomic E-state index is 13.3. The topological polar surface area (TPSA) is 108 Å². The Morgan fingerprint density at radius 3 is 2.36 bits per heavy atom. The highest BCUT2D eigenvalue weighted by atomic mass is 16.6. The molecule has 176 valence electrons. The van der Waals surface area contributed by atoms with Crippen LogP contribution in [0.3, 0.4) is 0 Å². The Morgan fingerprint density at radius 2 is 1.70 bits per heavy atom. The minimum absolute atomic E-state index is 0.253. The summed E-state index contributed by atoms with van der Waals surface area (Å²) in [7, 11) is 1.33. The summed E-state index contributed by atoms with van der Waals surface area (Å²) in [4.78, 5) is 27.4. The van der Waals surface area contributed by atoms with Gasteiger partial charge in [0.2, 0.25) is 0 Å². The highest BCUT2D eigenvalue weighted by Crippen LogP contribution is 2.40. The quantitative estimate of drug-likeness (QED) is 0.472. The van der Waals surface area contributed by atoms with Gasteiger partial charge in [-0.25, -0.2) is 4.79 Å². The number of carbonyl (C=O) groups is 2. The van der Waals surface area contributed by atoms with E-state index in [4.69, 9.17) is 9.47 Å². The van der Waals surface area contributed by atoms with Crippen LogP contribution in [0.15, 0.2) is 36.4 Å². The normalized spacial score (nSPS) is 22.2. The fraction of sp³-hybridized carbons (Fsp3) is 0.440. The summed E-state index contributed by atoms with van der Waals surface area (Å²) in [5, 5.41) is 23.6. The first-order valence-electron chi connectivity index (χ1n) is 11.0. The summed E-state index contributed by atoms with van der Waals surface area (Å²) in [6.07, 6.45) is 0.373. The summed E-state index contributed by atoms with van der Waals surface area (Å²) < 4.78 is 10.7. The van der Waals surface area contributed by atoms with Crippen molar-refractivity contribution in [3.05, 3.63) is 58.7 Å². The number of hydrogen-bond acceptors (Lipinski definition) is 7. The Morgan fingerprint density at radius 1 is 1.03 bits per heavy atom. The number of nitrogens with zero attached hydrogens (tertiary/aromatic N) is 1. The van der Waals surface area contributed by atoms with E-state index in [1.165, 1.54) is 19.2 Å². The Balaban J connectivity index is 1.79. The van der Waals surface area contributed by atoms with Crippen LogP contribution >= 0.6 is 0 Å². The number of phenols is 2. The number of hydrogen-bond donors (Lipinski definition) is 3. The van der Waals surface area contributed by atoms with Crippen molar-refractivity contribution in [1.29, 1.82) is 0 Å². The Labute approximate surface area is 193 Å². The first-order chi connectivity index (χ1) is 15.6. The summed E-state index contributed by atoms with van der Waals surface area (Å²) in [5.41, 5.74) is 2.91. The summed E-state index contributed by atoms with van der Waals surface area (Å²) in [6.45, 7) is 5.82. The molecule has 3 N–H and O–H groups in total. The Bertz CT molecular complexity index is 1080. The largest absolute Gasteiger partial charge is 0.504 e. The molecule has 2 aliphatic rings. The van der Waals surface area contributed by atoms with Crippen molar-refractivity contribution in [3.8, 4) is 11.5 Å². The molecule has 0 saturated carbocycles. The van der Waals surface area contributed by atoms with Crippen LogP contribution in [-0.4, -0.2) is 52.0 Å². The van der Waals surface area contributed by atoms with Gasteiger partial charge >= 0.3 is 12.1 Å². The molecule has 0 unspecified atom stereocenters. The molecule has 0 saturated heterocycles. The lowest BCUT2D eigenvalue weighted by Gasteiger charge is -2.44. The van der Waals surface area contributed by atoms with Gasteiger partial charge in [0.1, 0.15) is 11.6 Å². The maximum Gasteiger partial charge on any atom is 0.410 e. The third kappa shape index (κ3) is 4.61. The van der Waals surface area contributed by atoms with Crippen molar-refractivity contribution in [1.82, 2.24) is 10.2 Å². The summed E-state index contributed by atoms with van der Waals surface area (Å²) in [5.74, 6) is -0.939. The van der Waals surface area contributed by atoms with E-state index in [1.54, 1.807) is 4.90 Å². The van der Waals surface area contributed by atoms with Crippen molar-refractivity contribution >= 4 is 12.1 Å². The van der Waals surface area contributed by atoms with Crippen molar-refractivity contribution in [2.75, 3.05) is 7.11 Å². The van der Waals surface area contributed by atoms with Crippen molar-refractivity contribution in [2.24, 2.45) is 0 Å². The van der Waals surface area contributed by atoms with Crippen LogP contribution in [0.1, 0.15) is 49.1 Å². The van der Waals surface area contributed by atoms with Gasteiger partial charge in [0.05, 0.1) is 19.2 Å². The number of amides is 1. The number of phenolic OH excluding ortho intramolecular Hbond substituents is 2. The molecule has 4 rings (SSSR count). The lowest BCUT2D eigenvalue weighted by atomic mass is 9.81. The van der Waals surface area contributed by atoms with Crippen LogP contribution in [-0.2, 0) is 33.7 Å². The van der Waals surface area contributed by atoms with Gasteiger partial charge in [-0.05, 0) is 68.0 Å². The van der Waals surface area contributed by atoms with Gasteiger partial charge in [0.25, 0.3) is 0 Å². The molecule has 2 aromatic carbocycles. The number of benzene rings is 2. The zero-order valence-corrected chi connectivity index (χ0v) is 19.3. The molecule has 0 radical (unpaired) electrons. The number of nitrogens with one attached hydrogen (secondary N) is 1. The van der Waals surface area contributed by atoms with Crippen molar-refractivity contribution < 1.29 is 29.3 Å².